The van der Waals surface area contributed by atoms with Crippen molar-refractivity contribution in [3.8, 4) is 11.1 Å². The second-order valence-corrected chi connectivity index (χ2v) is 9.92. The maximum atomic E-state index is 4.42. The minimum Gasteiger partial charge on any atom is -0.264 e. The highest BCUT2D eigenvalue weighted by Gasteiger charge is 2.20. The molecule has 0 atom stereocenters. The van der Waals surface area contributed by atoms with E-state index in [0.29, 0.717) is 0 Å². The van der Waals surface area contributed by atoms with Gasteiger partial charge in [-0.1, -0.05) is 84.9 Å². The van der Waals surface area contributed by atoms with Gasteiger partial charge in [0.25, 0.3) is 0 Å². The van der Waals surface area contributed by atoms with Crippen LogP contribution in [0.4, 0.5) is 0 Å². The van der Waals surface area contributed by atoms with Crippen LogP contribution in [-0.2, 0) is 0 Å². The van der Waals surface area contributed by atoms with Gasteiger partial charge in [0.15, 0.2) is 0 Å². The van der Waals surface area contributed by atoms with Crippen LogP contribution in [0.25, 0.3) is 86.5 Å². The van der Waals surface area contributed by atoms with Crippen molar-refractivity contribution in [2.45, 2.75) is 0 Å². The Morgan fingerprint density at radius 1 is 0.361 bits per heavy atom. The van der Waals surface area contributed by atoms with Gasteiger partial charge in [0.1, 0.15) is 0 Å². The van der Waals surface area contributed by atoms with E-state index in [2.05, 4.69) is 102 Å². The van der Waals surface area contributed by atoms with Gasteiger partial charge in [-0.2, -0.15) is 0 Å². The average molecular weight is 454 g/mol. The van der Waals surface area contributed by atoms with Crippen LogP contribution in [0.3, 0.4) is 0 Å². The van der Waals surface area contributed by atoms with Crippen molar-refractivity contribution in [2.24, 2.45) is 0 Å². The number of hydrogen-bond acceptors (Lipinski definition) is 1. The second kappa shape index (κ2) is 6.47. The van der Waals surface area contributed by atoms with E-state index in [1.807, 2.05) is 18.5 Å². The molecule has 0 bridgehead atoms. The number of rotatable bonds is 1. The molecule has 1 nitrogen and oxygen atoms in total. The quantitative estimate of drug-likeness (QED) is 0.225. The number of benzene rings is 6. The number of nitrogens with zero attached hydrogens (tertiary/aromatic N) is 1. The maximum absolute atomic E-state index is 4.42. The highest BCUT2D eigenvalue weighted by atomic mass is 14.6. The molecule has 0 aliphatic carbocycles. The molecule has 0 saturated carbocycles. The Morgan fingerprint density at radius 2 is 0.917 bits per heavy atom. The van der Waals surface area contributed by atoms with Gasteiger partial charge in [-0.3, -0.25) is 4.98 Å². The molecule has 0 amide bonds. The first-order chi connectivity index (χ1) is 17.9. The molecule has 1 heteroatoms. The molecular formula is C35H19N. The summed E-state index contributed by atoms with van der Waals surface area (Å²) in [7, 11) is 0. The van der Waals surface area contributed by atoms with E-state index in [9.17, 15) is 0 Å². The number of aromatic nitrogens is 1. The van der Waals surface area contributed by atoms with Crippen LogP contribution in [0.1, 0.15) is 0 Å². The Kier molecular flexibility index (Phi) is 3.34. The SMILES string of the molecule is c1cncc(-c2ccc3c4cc5c6ccccc6c6cccc(c4cc4c7ccccc7c2c34)c65)c1. The predicted molar refractivity (Wildman–Crippen MR) is 155 cm³/mol. The molecule has 1 aromatic heterocycles. The van der Waals surface area contributed by atoms with Gasteiger partial charge in [-0.15, -0.1) is 0 Å². The van der Waals surface area contributed by atoms with Crippen LogP contribution >= 0.6 is 0 Å². The number of hydrogen-bond donors (Lipinski definition) is 0. The molecule has 0 radical (unpaired) electrons. The second-order valence-electron chi connectivity index (χ2n) is 9.92. The van der Waals surface area contributed by atoms with Crippen molar-refractivity contribution in [2.75, 3.05) is 0 Å². The molecule has 0 unspecified atom stereocenters. The fraction of sp³-hybridized carbons (Fsp3) is 0. The average Bonchev–Trinajstić information content (AvgIpc) is 3.45. The molecular weight excluding hydrogens is 434 g/mol. The first kappa shape index (κ1) is 18.6. The molecule has 0 aliphatic heterocycles. The molecule has 0 N–H and O–H groups in total. The summed E-state index contributed by atoms with van der Waals surface area (Å²) in [6, 6.07) is 38.2. The molecule has 0 spiro atoms. The normalized spacial score (nSPS) is 12.4. The zero-order chi connectivity index (χ0) is 23.4. The van der Waals surface area contributed by atoms with Crippen molar-refractivity contribution in [1.29, 1.82) is 0 Å². The Bertz CT molecular complexity index is 2290. The minimum atomic E-state index is 1.16. The van der Waals surface area contributed by atoms with E-state index in [4.69, 9.17) is 0 Å². The smallest absolute Gasteiger partial charge is 0.0346 e. The maximum Gasteiger partial charge on any atom is 0.0346 e. The Hall–Kier alpha value is -4.75. The van der Waals surface area contributed by atoms with Crippen LogP contribution in [0.5, 0.6) is 0 Å². The van der Waals surface area contributed by atoms with E-state index >= 15 is 0 Å². The molecule has 1 heterocycles. The van der Waals surface area contributed by atoms with Gasteiger partial charge in [0, 0.05) is 18.0 Å². The summed E-state index contributed by atoms with van der Waals surface area (Å²) in [5.41, 5.74) is 2.41. The van der Waals surface area contributed by atoms with E-state index in [-0.39, 0.29) is 0 Å². The van der Waals surface area contributed by atoms with E-state index < -0.39 is 0 Å². The number of pyridine rings is 1. The fourth-order valence-electron chi connectivity index (χ4n) is 6.79. The Morgan fingerprint density at radius 3 is 1.64 bits per heavy atom. The van der Waals surface area contributed by atoms with Crippen molar-refractivity contribution in [3.63, 3.8) is 0 Å². The van der Waals surface area contributed by atoms with Gasteiger partial charge >= 0.3 is 0 Å². The first-order valence-electron chi connectivity index (χ1n) is 12.5. The van der Waals surface area contributed by atoms with E-state index in [0.717, 1.165) is 5.56 Å². The lowest BCUT2D eigenvalue weighted by molar-refractivity contribution is 1.33. The molecule has 164 valence electrons. The summed E-state index contributed by atoms with van der Waals surface area (Å²) in [5.74, 6) is 0. The summed E-state index contributed by atoms with van der Waals surface area (Å²) in [5, 5.41) is 18.8. The molecule has 0 aliphatic rings. The van der Waals surface area contributed by atoms with Gasteiger partial charge in [0.05, 0.1) is 0 Å². The van der Waals surface area contributed by atoms with Gasteiger partial charge in [-0.25, -0.2) is 0 Å². The van der Waals surface area contributed by atoms with Crippen LogP contribution in [0, 0.1) is 0 Å². The van der Waals surface area contributed by atoms with Gasteiger partial charge < -0.3 is 0 Å². The van der Waals surface area contributed by atoms with Crippen molar-refractivity contribution < 1.29 is 0 Å². The number of fused-ring (bicyclic) bond motifs is 9. The third-order valence-electron chi connectivity index (χ3n) is 8.22. The van der Waals surface area contributed by atoms with Gasteiger partial charge in [-0.05, 0) is 99.2 Å². The fourth-order valence-corrected chi connectivity index (χ4v) is 6.79. The summed E-state index contributed by atoms with van der Waals surface area (Å²) < 4.78 is 0. The van der Waals surface area contributed by atoms with Crippen molar-refractivity contribution >= 4 is 75.4 Å². The highest BCUT2D eigenvalue weighted by molar-refractivity contribution is 6.42. The Balaban J connectivity index is 1.58. The third-order valence-corrected chi connectivity index (χ3v) is 8.22. The van der Waals surface area contributed by atoms with E-state index in [1.165, 1.54) is 81.0 Å². The van der Waals surface area contributed by atoms with Crippen LogP contribution in [-0.4, -0.2) is 4.98 Å². The zero-order valence-corrected chi connectivity index (χ0v) is 19.4. The lowest BCUT2D eigenvalue weighted by Gasteiger charge is -2.12. The topological polar surface area (TPSA) is 12.9 Å². The molecule has 9 aromatic rings. The standard InChI is InChI=1S/C35H19N/c1-2-9-23-22(8-1)25-12-5-13-27-29-18-32-24-10-3-4-11-26(24)34-21(20-7-6-16-36-19-20)14-15-28(35(32)34)30(29)17-31(23)33(25)27/h1-19H. The van der Waals surface area contributed by atoms with E-state index in [1.54, 1.807) is 0 Å². The van der Waals surface area contributed by atoms with Crippen LogP contribution in [0.15, 0.2) is 116 Å². The van der Waals surface area contributed by atoms with Crippen LogP contribution < -0.4 is 0 Å². The predicted octanol–water partition coefficient (Wildman–Crippen LogP) is 9.70. The minimum absolute atomic E-state index is 1.16. The molecule has 9 rings (SSSR count). The summed E-state index contributed by atoms with van der Waals surface area (Å²) in [6.07, 6.45) is 3.82. The van der Waals surface area contributed by atoms with Gasteiger partial charge in [0.2, 0.25) is 0 Å². The Labute approximate surface area is 206 Å². The summed E-state index contributed by atoms with van der Waals surface area (Å²) in [6.45, 7) is 0. The van der Waals surface area contributed by atoms with Crippen molar-refractivity contribution in [1.82, 2.24) is 4.98 Å². The first-order valence-corrected chi connectivity index (χ1v) is 12.5. The largest absolute Gasteiger partial charge is 0.264 e. The monoisotopic (exact) mass is 453 g/mol. The lowest BCUT2D eigenvalue weighted by atomic mass is 9.91. The molecule has 36 heavy (non-hydrogen) atoms. The van der Waals surface area contributed by atoms with Crippen LogP contribution in [0.2, 0.25) is 0 Å². The molecule has 8 aromatic carbocycles. The lowest BCUT2D eigenvalue weighted by Crippen LogP contribution is -1.85. The van der Waals surface area contributed by atoms with Crippen molar-refractivity contribution in [3.05, 3.63) is 116 Å². The third kappa shape index (κ3) is 2.15. The summed E-state index contributed by atoms with van der Waals surface area (Å²) in [4.78, 5) is 4.42. The molecule has 0 fully saturated rings. The summed E-state index contributed by atoms with van der Waals surface area (Å²) >= 11 is 0. The molecule has 0 saturated heterocycles. The highest BCUT2D eigenvalue weighted by Crippen LogP contribution is 2.49. The zero-order valence-electron chi connectivity index (χ0n) is 19.4.